The van der Waals surface area contributed by atoms with Gasteiger partial charge in [0.1, 0.15) is 5.78 Å². The van der Waals surface area contributed by atoms with Crippen LogP contribution in [0, 0.1) is 0 Å². The van der Waals surface area contributed by atoms with E-state index in [1.807, 2.05) is 6.07 Å². The number of hydrogen-bond donors (Lipinski definition) is 0. The average molecular weight is 211 g/mol. The van der Waals surface area contributed by atoms with Crippen molar-refractivity contribution in [2.24, 2.45) is 0 Å². The normalized spacial score (nSPS) is 22.4. The predicted molar refractivity (Wildman–Crippen MR) is 54.9 cm³/mol. The van der Waals surface area contributed by atoms with Crippen LogP contribution in [0.4, 0.5) is 0 Å². The molecule has 76 valence electrons. The molecule has 0 N–H and O–H groups in total. The lowest BCUT2D eigenvalue weighted by molar-refractivity contribution is -0.121. The molecule has 14 heavy (non-hydrogen) atoms. The summed E-state index contributed by atoms with van der Waals surface area (Å²) in [7, 11) is 1.60. The molecule has 0 bridgehead atoms. The standard InChI is InChI=1S/C10H13NO2S/c1-13-10-6-9(14-11-10)7-4-2-3-5-8(7)12/h6-7H,2-5H2,1H3. The summed E-state index contributed by atoms with van der Waals surface area (Å²) in [5, 5.41) is 0. The Bertz CT molecular complexity index is 335. The third kappa shape index (κ3) is 1.80. The predicted octanol–water partition coefficient (Wildman–Crippen LogP) is 2.38. The summed E-state index contributed by atoms with van der Waals surface area (Å²) in [4.78, 5) is 12.7. The van der Waals surface area contributed by atoms with E-state index in [9.17, 15) is 4.79 Å². The zero-order valence-electron chi connectivity index (χ0n) is 8.16. The Morgan fingerprint density at radius 2 is 2.43 bits per heavy atom. The van der Waals surface area contributed by atoms with E-state index < -0.39 is 0 Å². The summed E-state index contributed by atoms with van der Waals surface area (Å²) in [5.41, 5.74) is 0. The summed E-state index contributed by atoms with van der Waals surface area (Å²) < 4.78 is 9.12. The Kier molecular flexibility index (Phi) is 2.82. The van der Waals surface area contributed by atoms with Gasteiger partial charge in [-0.1, -0.05) is 6.42 Å². The minimum atomic E-state index is 0.0881. The zero-order chi connectivity index (χ0) is 9.97. The number of rotatable bonds is 2. The number of carbonyl (C=O) groups is 1. The molecule has 1 unspecified atom stereocenters. The van der Waals surface area contributed by atoms with E-state index in [1.54, 1.807) is 7.11 Å². The largest absolute Gasteiger partial charge is 0.480 e. The fourth-order valence-electron chi connectivity index (χ4n) is 1.82. The summed E-state index contributed by atoms with van der Waals surface area (Å²) in [6, 6.07) is 1.89. The van der Waals surface area contributed by atoms with Crippen LogP contribution in [0.15, 0.2) is 6.07 Å². The van der Waals surface area contributed by atoms with Crippen LogP contribution in [0.25, 0.3) is 0 Å². The molecular weight excluding hydrogens is 198 g/mol. The maximum absolute atomic E-state index is 11.6. The van der Waals surface area contributed by atoms with Crippen LogP contribution in [0.1, 0.15) is 36.5 Å². The number of ether oxygens (including phenoxy) is 1. The lowest BCUT2D eigenvalue weighted by Gasteiger charge is -2.18. The van der Waals surface area contributed by atoms with Crippen molar-refractivity contribution >= 4 is 17.3 Å². The van der Waals surface area contributed by atoms with Crippen LogP contribution in [0.5, 0.6) is 5.88 Å². The quantitative estimate of drug-likeness (QED) is 0.754. The van der Waals surface area contributed by atoms with E-state index in [4.69, 9.17) is 4.74 Å². The highest BCUT2D eigenvalue weighted by molar-refractivity contribution is 7.06. The summed E-state index contributed by atoms with van der Waals surface area (Å²) in [6.45, 7) is 0. The van der Waals surface area contributed by atoms with Gasteiger partial charge in [-0.2, -0.15) is 4.37 Å². The van der Waals surface area contributed by atoms with Gasteiger partial charge >= 0.3 is 0 Å². The first kappa shape index (κ1) is 9.65. The molecule has 4 heteroatoms. The Hall–Kier alpha value is -0.900. The van der Waals surface area contributed by atoms with Crippen LogP contribution >= 0.6 is 11.5 Å². The highest BCUT2D eigenvalue weighted by atomic mass is 32.1. The lowest BCUT2D eigenvalue weighted by atomic mass is 9.87. The fraction of sp³-hybridized carbons (Fsp3) is 0.600. The number of nitrogens with zero attached hydrogens (tertiary/aromatic N) is 1. The maximum atomic E-state index is 11.6. The van der Waals surface area contributed by atoms with E-state index in [1.165, 1.54) is 11.5 Å². The van der Waals surface area contributed by atoms with Gasteiger partial charge in [0.2, 0.25) is 5.88 Å². The highest BCUT2D eigenvalue weighted by Gasteiger charge is 2.25. The van der Waals surface area contributed by atoms with Crippen molar-refractivity contribution in [1.82, 2.24) is 4.37 Å². The topological polar surface area (TPSA) is 39.2 Å². The van der Waals surface area contributed by atoms with E-state index in [2.05, 4.69) is 4.37 Å². The molecular formula is C10H13NO2S. The molecule has 3 nitrogen and oxygen atoms in total. The van der Waals surface area contributed by atoms with Gasteiger partial charge in [0.25, 0.3) is 0 Å². The number of hydrogen-bond acceptors (Lipinski definition) is 4. The molecule has 1 fully saturated rings. The van der Waals surface area contributed by atoms with Crippen LogP contribution in [0.2, 0.25) is 0 Å². The van der Waals surface area contributed by atoms with Crippen molar-refractivity contribution in [2.75, 3.05) is 7.11 Å². The summed E-state index contributed by atoms with van der Waals surface area (Å²) in [5.74, 6) is 1.08. The number of Topliss-reactive ketones (excluding diaryl/α,β-unsaturated/α-hetero) is 1. The number of aromatic nitrogens is 1. The van der Waals surface area contributed by atoms with E-state index >= 15 is 0 Å². The van der Waals surface area contributed by atoms with Gasteiger partial charge in [-0.15, -0.1) is 0 Å². The van der Waals surface area contributed by atoms with E-state index in [0.29, 0.717) is 11.7 Å². The molecule has 2 rings (SSSR count). The minimum Gasteiger partial charge on any atom is -0.480 e. The van der Waals surface area contributed by atoms with Crippen LogP contribution in [-0.4, -0.2) is 17.3 Å². The van der Waals surface area contributed by atoms with Crippen molar-refractivity contribution in [3.63, 3.8) is 0 Å². The van der Waals surface area contributed by atoms with Crippen molar-refractivity contribution in [3.8, 4) is 5.88 Å². The van der Waals surface area contributed by atoms with Crippen molar-refractivity contribution < 1.29 is 9.53 Å². The van der Waals surface area contributed by atoms with Gasteiger partial charge in [0, 0.05) is 17.4 Å². The van der Waals surface area contributed by atoms with Crippen LogP contribution in [-0.2, 0) is 4.79 Å². The van der Waals surface area contributed by atoms with Gasteiger partial charge in [-0.25, -0.2) is 0 Å². The molecule has 1 aromatic rings. The van der Waals surface area contributed by atoms with E-state index in [-0.39, 0.29) is 5.92 Å². The Balaban J connectivity index is 2.16. The number of ketones is 1. The van der Waals surface area contributed by atoms with Crippen molar-refractivity contribution in [3.05, 3.63) is 10.9 Å². The van der Waals surface area contributed by atoms with Crippen LogP contribution < -0.4 is 4.74 Å². The molecule has 0 spiro atoms. The first-order valence-corrected chi connectivity index (χ1v) is 5.62. The third-order valence-corrected chi connectivity index (χ3v) is 3.50. The smallest absolute Gasteiger partial charge is 0.225 e. The first-order valence-electron chi connectivity index (χ1n) is 4.84. The first-order chi connectivity index (χ1) is 6.81. The van der Waals surface area contributed by atoms with Crippen molar-refractivity contribution in [2.45, 2.75) is 31.6 Å². The highest BCUT2D eigenvalue weighted by Crippen LogP contribution is 2.33. The average Bonchev–Trinajstić information content (AvgIpc) is 2.67. The molecule has 1 heterocycles. The molecule has 0 saturated heterocycles. The second-order valence-electron chi connectivity index (χ2n) is 3.54. The van der Waals surface area contributed by atoms with E-state index in [0.717, 1.165) is 30.6 Å². The number of carbonyl (C=O) groups excluding carboxylic acids is 1. The maximum Gasteiger partial charge on any atom is 0.225 e. The fourth-order valence-corrected chi connectivity index (χ4v) is 2.67. The molecule has 0 radical (unpaired) electrons. The minimum absolute atomic E-state index is 0.0881. The van der Waals surface area contributed by atoms with Crippen LogP contribution in [0.3, 0.4) is 0 Å². The summed E-state index contributed by atoms with van der Waals surface area (Å²) in [6.07, 6.45) is 3.90. The molecule has 0 amide bonds. The molecule has 1 saturated carbocycles. The van der Waals surface area contributed by atoms with Gasteiger partial charge in [-0.05, 0) is 24.4 Å². The van der Waals surface area contributed by atoms with Crippen molar-refractivity contribution in [1.29, 1.82) is 0 Å². The molecule has 1 aromatic heterocycles. The third-order valence-electron chi connectivity index (χ3n) is 2.61. The van der Waals surface area contributed by atoms with Gasteiger partial charge in [0.05, 0.1) is 13.0 Å². The Morgan fingerprint density at radius 3 is 3.07 bits per heavy atom. The zero-order valence-corrected chi connectivity index (χ0v) is 8.97. The SMILES string of the molecule is COc1cc(C2CCCCC2=O)sn1. The number of methoxy groups -OCH3 is 1. The lowest BCUT2D eigenvalue weighted by Crippen LogP contribution is -2.15. The monoisotopic (exact) mass is 211 g/mol. The molecule has 1 atom stereocenters. The molecule has 1 aliphatic rings. The summed E-state index contributed by atoms with van der Waals surface area (Å²) >= 11 is 1.39. The molecule has 1 aliphatic carbocycles. The second kappa shape index (κ2) is 4.09. The molecule has 0 aliphatic heterocycles. The van der Waals surface area contributed by atoms with Gasteiger partial charge in [0.15, 0.2) is 0 Å². The second-order valence-corrected chi connectivity index (χ2v) is 4.37. The van der Waals surface area contributed by atoms with Gasteiger partial charge < -0.3 is 4.74 Å². The van der Waals surface area contributed by atoms with Gasteiger partial charge in [-0.3, -0.25) is 4.79 Å². The Morgan fingerprint density at radius 1 is 1.57 bits per heavy atom. The Labute approximate surface area is 87.3 Å². The molecule has 0 aromatic carbocycles.